The summed E-state index contributed by atoms with van der Waals surface area (Å²) in [5.74, 6) is 0. The number of likely N-dealkylation sites (N-methyl/N-ethyl adjacent to an activating group) is 1. The fourth-order valence-corrected chi connectivity index (χ4v) is 3.32. The molecular weight excluding hydrogens is 240 g/mol. The highest BCUT2D eigenvalue weighted by atomic mass is 35.5. The second-order valence-electron chi connectivity index (χ2n) is 4.30. The minimum atomic E-state index is 0.705. The molecule has 2 nitrogen and oxygen atoms in total. The summed E-state index contributed by atoms with van der Waals surface area (Å²) in [5, 5.41) is 3.52. The minimum Gasteiger partial charge on any atom is -0.313 e. The smallest absolute Gasteiger partial charge is 0.0931 e. The summed E-state index contributed by atoms with van der Waals surface area (Å²) in [4.78, 5) is 3.94. The van der Waals surface area contributed by atoms with Gasteiger partial charge in [0.15, 0.2) is 0 Å². The SMILES string of the molecule is CCNC1CCN(CCc2ccc(Cl)s2)C1. The maximum atomic E-state index is 5.92. The van der Waals surface area contributed by atoms with Crippen molar-refractivity contribution in [1.82, 2.24) is 10.2 Å². The van der Waals surface area contributed by atoms with Crippen LogP contribution in [0.2, 0.25) is 4.34 Å². The first-order valence-corrected chi connectivity index (χ1v) is 7.17. The maximum absolute atomic E-state index is 5.92. The average molecular weight is 259 g/mol. The molecule has 0 saturated carbocycles. The Morgan fingerprint density at radius 1 is 1.56 bits per heavy atom. The lowest BCUT2D eigenvalue weighted by molar-refractivity contribution is 0.333. The number of hydrogen-bond donors (Lipinski definition) is 1. The van der Waals surface area contributed by atoms with Gasteiger partial charge in [-0.3, -0.25) is 0 Å². The van der Waals surface area contributed by atoms with Crippen LogP contribution in [0, 0.1) is 0 Å². The summed E-state index contributed by atoms with van der Waals surface area (Å²) in [6.45, 7) is 6.86. The zero-order valence-electron chi connectivity index (χ0n) is 9.71. The predicted molar refractivity (Wildman–Crippen MR) is 71.6 cm³/mol. The fourth-order valence-electron chi connectivity index (χ4n) is 2.25. The fraction of sp³-hybridized carbons (Fsp3) is 0.667. The molecule has 1 atom stereocenters. The summed E-state index contributed by atoms with van der Waals surface area (Å²) in [6.07, 6.45) is 2.43. The summed E-state index contributed by atoms with van der Waals surface area (Å²) >= 11 is 7.62. The summed E-state index contributed by atoms with van der Waals surface area (Å²) in [6, 6.07) is 4.84. The largest absolute Gasteiger partial charge is 0.313 e. The minimum absolute atomic E-state index is 0.705. The third kappa shape index (κ3) is 3.45. The van der Waals surface area contributed by atoms with Crippen molar-refractivity contribution in [3.05, 3.63) is 21.3 Å². The van der Waals surface area contributed by atoms with Crippen LogP contribution in [0.1, 0.15) is 18.2 Å². The van der Waals surface area contributed by atoms with Gasteiger partial charge in [0, 0.05) is 24.0 Å². The number of hydrogen-bond acceptors (Lipinski definition) is 3. The highest BCUT2D eigenvalue weighted by Crippen LogP contribution is 2.22. The molecule has 1 aliphatic rings. The van der Waals surface area contributed by atoms with Gasteiger partial charge in [0.25, 0.3) is 0 Å². The van der Waals surface area contributed by atoms with E-state index in [0.717, 1.165) is 17.3 Å². The monoisotopic (exact) mass is 258 g/mol. The van der Waals surface area contributed by atoms with E-state index in [0.29, 0.717) is 6.04 Å². The highest BCUT2D eigenvalue weighted by Gasteiger charge is 2.20. The third-order valence-corrected chi connectivity index (χ3v) is 4.36. The molecular formula is C12H19ClN2S. The van der Waals surface area contributed by atoms with E-state index in [-0.39, 0.29) is 0 Å². The number of thiophene rings is 1. The van der Waals surface area contributed by atoms with Crippen LogP contribution in [0.5, 0.6) is 0 Å². The Bertz CT molecular complexity index is 327. The summed E-state index contributed by atoms with van der Waals surface area (Å²) < 4.78 is 0.905. The van der Waals surface area contributed by atoms with Crippen molar-refractivity contribution >= 4 is 22.9 Å². The van der Waals surface area contributed by atoms with E-state index in [4.69, 9.17) is 11.6 Å². The summed E-state index contributed by atoms with van der Waals surface area (Å²) in [5.41, 5.74) is 0. The molecule has 16 heavy (non-hydrogen) atoms. The number of likely N-dealkylation sites (tertiary alicyclic amines) is 1. The van der Waals surface area contributed by atoms with Crippen molar-refractivity contribution < 1.29 is 0 Å². The van der Waals surface area contributed by atoms with Gasteiger partial charge in [-0.25, -0.2) is 0 Å². The Labute approximate surface area is 107 Å². The maximum Gasteiger partial charge on any atom is 0.0931 e. The molecule has 2 heterocycles. The molecule has 0 aliphatic carbocycles. The van der Waals surface area contributed by atoms with Crippen LogP contribution in [0.15, 0.2) is 12.1 Å². The lowest BCUT2D eigenvalue weighted by atomic mass is 10.3. The zero-order chi connectivity index (χ0) is 11.4. The van der Waals surface area contributed by atoms with E-state index >= 15 is 0 Å². The normalized spacial score (nSPS) is 21.8. The predicted octanol–water partition coefficient (Wildman–Crippen LogP) is 2.63. The number of halogens is 1. The summed E-state index contributed by atoms with van der Waals surface area (Å²) in [7, 11) is 0. The Balaban J connectivity index is 1.71. The quantitative estimate of drug-likeness (QED) is 0.874. The number of nitrogens with zero attached hydrogens (tertiary/aromatic N) is 1. The molecule has 0 radical (unpaired) electrons. The Morgan fingerprint density at radius 2 is 2.44 bits per heavy atom. The van der Waals surface area contributed by atoms with Gasteiger partial charge in [0.05, 0.1) is 4.34 Å². The van der Waals surface area contributed by atoms with Gasteiger partial charge in [0.2, 0.25) is 0 Å². The second-order valence-corrected chi connectivity index (χ2v) is 6.10. The molecule has 1 aromatic heterocycles. The number of nitrogens with one attached hydrogen (secondary N) is 1. The molecule has 90 valence electrons. The lowest BCUT2D eigenvalue weighted by Crippen LogP contribution is -2.32. The topological polar surface area (TPSA) is 15.3 Å². The van der Waals surface area contributed by atoms with Crippen LogP contribution in [0.4, 0.5) is 0 Å². The van der Waals surface area contributed by atoms with Crippen LogP contribution in [-0.2, 0) is 6.42 Å². The van der Waals surface area contributed by atoms with Crippen LogP contribution in [0.25, 0.3) is 0 Å². The van der Waals surface area contributed by atoms with E-state index in [1.807, 2.05) is 6.07 Å². The first-order chi connectivity index (χ1) is 7.78. The van der Waals surface area contributed by atoms with Gasteiger partial charge in [-0.15, -0.1) is 11.3 Å². The Kier molecular flexibility index (Phi) is 4.65. The highest BCUT2D eigenvalue weighted by molar-refractivity contribution is 7.16. The van der Waals surface area contributed by atoms with Crippen molar-refractivity contribution in [2.45, 2.75) is 25.8 Å². The first-order valence-electron chi connectivity index (χ1n) is 5.98. The van der Waals surface area contributed by atoms with Crippen molar-refractivity contribution in [3.63, 3.8) is 0 Å². The third-order valence-electron chi connectivity index (χ3n) is 3.07. The van der Waals surface area contributed by atoms with Crippen LogP contribution >= 0.6 is 22.9 Å². The average Bonchev–Trinajstić information content (AvgIpc) is 2.85. The molecule has 1 fully saturated rings. The van der Waals surface area contributed by atoms with Crippen molar-refractivity contribution in [1.29, 1.82) is 0 Å². The molecule has 4 heteroatoms. The lowest BCUT2D eigenvalue weighted by Gasteiger charge is -2.15. The van der Waals surface area contributed by atoms with E-state index in [2.05, 4.69) is 23.2 Å². The standard InChI is InChI=1S/C12H19ClN2S/c1-2-14-10-5-7-15(9-10)8-6-11-3-4-12(13)16-11/h3-4,10,14H,2,5-9H2,1H3. The molecule has 0 aromatic carbocycles. The molecule has 1 N–H and O–H groups in total. The second kappa shape index (κ2) is 6.01. The molecule has 1 aliphatic heterocycles. The van der Waals surface area contributed by atoms with Gasteiger partial charge in [-0.1, -0.05) is 18.5 Å². The molecule has 2 rings (SSSR count). The van der Waals surface area contributed by atoms with Gasteiger partial charge < -0.3 is 10.2 Å². The molecule has 1 aromatic rings. The van der Waals surface area contributed by atoms with Crippen LogP contribution in [0.3, 0.4) is 0 Å². The van der Waals surface area contributed by atoms with Gasteiger partial charge in [0.1, 0.15) is 0 Å². The Hall–Kier alpha value is -0.0900. The van der Waals surface area contributed by atoms with Gasteiger partial charge in [-0.05, 0) is 38.1 Å². The van der Waals surface area contributed by atoms with Crippen molar-refractivity contribution in [2.75, 3.05) is 26.2 Å². The van der Waals surface area contributed by atoms with Crippen LogP contribution < -0.4 is 5.32 Å². The van der Waals surface area contributed by atoms with Crippen molar-refractivity contribution in [2.24, 2.45) is 0 Å². The van der Waals surface area contributed by atoms with Crippen molar-refractivity contribution in [3.8, 4) is 0 Å². The van der Waals surface area contributed by atoms with E-state index in [9.17, 15) is 0 Å². The molecule has 0 amide bonds. The van der Waals surface area contributed by atoms with Gasteiger partial charge in [-0.2, -0.15) is 0 Å². The van der Waals surface area contributed by atoms with Gasteiger partial charge >= 0.3 is 0 Å². The zero-order valence-corrected chi connectivity index (χ0v) is 11.3. The first kappa shape index (κ1) is 12.4. The van der Waals surface area contributed by atoms with E-state index in [1.165, 1.54) is 30.9 Å². The molecule has 1 unspecified atom stereocenters. The van der Waals surface area contributed by atoms with Crippen LogP contribution in [-0.4, -0.2) is 37.1 Å². The number of rotatable bonds is 5. The van der Waals surface area contributed by atoms with E-state index < -0.39 is 0 Å². The Morgan fingerprint density at radius 3 is 3.12 bits per heavy atom. The molecule has 0 bridgehead atoms. The molecule has 1 saturated heterocycles. The van der Waals surface area contributed by atoms with E-state index in [1.54, 1.807) is 11.3 Å². The molecule has 0 spiro atoms.